The lowest BCUT2D eigenvalue weighted by Gasteiger charge is -2.36. The van der Waals surface area contributed by atoms with Crippen molar-refractivity contribution in [1.29, 1.82) is 0 Å². The summed E-state index contributed by atoms with van der Waals surface area (Å²) in [6, 6.07) is 5.17. The molecule has 1 aliphatic carbocycles. The fraction of sp³-hybridized carbons (Fsp3) is 0.600. The van der Waals surface area contributed by atoms with E-state index in [1.54, 1.807) is 6.07 Å². The Labute approximate surface area is 143 Å². The third-order valence-corrected chi connectivity index (χ3v) is 4.51. The fourth-order valence-electron chi connectivity index (χ4n) is 2.94. The lowest BCUT2D eigenvalue weighted by atomic mass is 9.98. The summed E-state index contributed by atoms with van der Waals surface area (Å²) in [6.45, 7) is 3.91. The largest absolute Gasteiger partial charge is 0.314 e. The molecule has 120 valence electrons. The van der Waals surface area contributed by atoms with E-state index in [1.165, 1.54) is 18.9 Å². The van der Waals surface area contributed by atoms with Crippen LogP contribution < -0.4 is 5.32 Å². The van der Waals surface area contributed by atoms with Crippen molar-refractivity contribution < 1.29 is 4.39 Å². The van der Waals surface area contributed by atoms with Gasteiger partial charge in [0.05, 0.1) is 0 Å². The molecule has 0 unspecified atom stereocenters. The molecule has 3 rings (SSSR count). The summed E-state index contributed by atoms with van der Waals surface area (Å²) in [4.78, 5) is 2.39. The molecule has 21 heavy (non-hydrogen) atoms. The quantitative estimate of drug-likeness (QED) is 0.876. The first-order valence-corrected chi connectivity index (χ1v) is 7.52. The molecule has 0 spiro atoms. The molecule has 0 aromatic heterocycles. The number of benzene rings is 1. The molecule has 2 aliphatic rings. The Balaban J connectivity index is 0.00000110. The van der Waals surface area contributed by atoms with Crippen molar-refractivity contribution in [2.75, 3.05) is 26.2 Å². The van der Waals surface area contributed by atoms with Gasteiger partial charge in [0, 0.05) is 42.8 Å². The highest BCUT2D eigenvalue weighted by atomic mass is 35.5. The van der Waals surface area contributed by atoms with Crippen molar-refractivity contribution >= 4 is 36.4 Å². The van der Waals surface area contributed by atoms with Crippen LogP contribution in [-0.4, -0.2) is 31.1 Å². The lowest BCUT2D eigenvalue weighted by Crippen LogP contribution is -2.45. The number of nitrogens with one attached hydrogen (secondary N) is 1. The number of halogens is 4. The van der Waals surface area contributed by atoms with Gasteiger partial charge in [-0.1, -0.05) is 30.5 Å². The van der Waals surface area contributed by atoms with E-state index in [2.05, 4.69) is 10.2 Å². The molecule has 1 heterocycles. The van der Waals surface area contributed by atoms with E-state index < -0.39 is 0 Å². The van der Waals surface area contributed by atoms with Crippen LogP contribution in [0, 0.1) is 11.7 Å². The van der Waals surface area contributed by atoms with Gasteiger partial charge >= 0.3 is 0 Å². The molecule has 0 amide bonds. The van der Waals surface area contributed by atoms with E-state index in [0.29, 0.717) is 10.6 Å². The van der Waals surface area contributed by atoms with Gasteiger partial charge in [-0.05, 0) is 24.5 Å². The van der Waals surface area contributed by atoms with Crippen molar-refractivity contribution in [3.8, 4) is 0 Å². The van der Waals surface area contributed by atoms with E-state index in [-0.39, 0.29) is 36.7 Å². The summed E-state index contributed by atoms with van der Waals surface area (Å²) in [5.74, 6) is 0.604. The number of piperazine rings is 1. The van der Waals surface area contributed by atoms with Crippen LogP contribution in [0.1, 0.15) is 30.9 Å². The van der Waals surface area contributed by atoms with Gasteiger partial charge in [-0.2, -0.15) is 0 Å². The summed E-state index contributed by atoms with van der Waals surface area (Å²) in [7, 11) is 0. The van der Waals surface area contributed by atoms with Crippen molar-refractivity contribution in [3.63, 3.8) is 0 Å². The van der Waals surface area contributed by atoms with E-state index in [1.807, 2.05) is 6.07 Å². The van der Waals surface area contributed by atoms with Crippen LogP contribution in [0.3, 0.4) is 0 Å². The van der Waals surface area contributed by atoms with Crippen LogP contribution in [-0.2, 0) is 0 Å². The molecule has 1 aromatic carbocycles. The zero-order chi connectivity index (χ0) is 13.2. The Morgan fingerprint density at radius 1 is 1.24 bits per heavy atom. The first kappa shape index (κ1) is 19.0. The average molecular weight is 356 g/mol. The molecule has 2 fully saturated rings. The summed E-state index contributed by atoms with van der Waals surface area (Å²) in [5, 5.41) is 3.92. The zero-order valence-corrected chi connectivity index (χ0v) is 14.2. The highest BCUT2D eigenvalue weighted by Crippen LogP contribution is 2.42. The smallest absolute Gasteiger partial charge is 0.129 e. The minimum absolute atomic E-state index is 0. The van der Waals surface area contributed by atoms with Gasteiger partial charge in [0.25, 0.3) is 0 Å². The molecule has 2 nitrogen and oxygen atoms in total. The molecule has 6 heteroatoms. The highest BCUT2D eigenvalue weighted by Gasteiger charge is 2.32. The lowest BCUT2D eigenvalue weighted by molar-refractivity contribution is 0.157. The van der Waals surface area contributed by atoms with Gasteiger partial charge in [-0.15, -0.1) is 24.8 Å². The molecule has 1 aromatic rings. The van der Waals surface area contributed by atoms with Crippen LogP contribution in [0.5, 0.6) is 0 Å². The third kappa shape index (κ3) is 4.70. The molecule has 1 atom stereocenters. The zero-order valence-electron chi connectivity index (χ0n) is 11.9. The summed E-state index contributed by atoms with van der Waals surface area (Å²) in [6.07, 6.45) is 3.62. The summed E-state index contributed by atoms with van der Waals surface area (Å²) >= 11 is 6.27. The van der Waals surface area contributed by atoms with Crippen molar-refractivity contribution in [1.82, 2.24) is 10.2 Å². The molecule has 1 N–H and O–H groups in total. The van der Waals surface area contributed by atoms with Gasteiger partial charge in [0.1, 0.15) is 5.82 Å². The highest BCUT2D eigenvalue weighted by molar-refractivity contribution is 6.31. The topological polar surface area (TPSA) is 15.3 Å². The summed E-state index contributed by atoms with van der Waals surface area (Å²) < 4.78 is 14.2. The Kier molecular flexibility index (Phi) is 7.72. The van der Waals surface area contributed by atoms with Crippen LogP contribution >= 0.6 is 36.4 Å². The van der Waals surface area contributed by atoms with Crippen LogP contribution in [0.15, 0.2) is 18.2 Å². The number of nitrogens with zero attached hydrogens (tertiary/aromatic N) is 1. The van der Waals surface area contributed by atoms with Gasteiger partial charge in [-0.25, -0.2) is 4.39 Å². The molecule has 1 aliphatic heterocycles. The van der Waals surface area contributed by atoms with Gasteiger partial charge in [0.15, 0.2) is 0 Å². The predicted molar refractivity (Wildman–Crippen MR) is 90.4 cm³/mol. The molecular formula is C15H22Cl3FN2. The van der Waals surface area contributed by atoms with Crippen LogP contribution in [0.2, 0.25) is 5.02 Å². The van der Waals surface area contributed by atoms with Gasteiger partial charge in [0.2, 0.25) is 0 Å². The van der Waals surface area contributed by atoms with Crippen molar-refractivity contribution in [2.24, 2.45) is 5.92 Å². The van der Waals surface area contributed by atoms with E-state index in [9.17, 15) is 4.39 Å². The van der Waals surface area contributed by atoms with Gasteiger partial charge < -0.3 is 5.32 Å². The number of rotatable bonds is 4. The first-order chi connectivity index (χ1) is 9.25. The number of hydrogen-bond donors (Lipinski definition) is 1. The minimum Gasteiger partial charge on any atom is -0.314 e. The van der Waals surface area contributed by atoms with Crippen LogP contribution in [0.25, 0.3) is 0 Å². The average Bonchev–Trinajstić information content (AvgIpc) is 3.22. The first-order valence-electron chi connectivity index (χ1n) is 7.14. The van der Waals surface area contributed by atoms with Gasteiger partial charge in [-0.3, -0.25) is 4.90 Å². The standard InChI is InChI=1S/C15H20ClFN2.2ClH/c16-12-2-1-3-13(17)15(12)14(10-11-4-5-11)19-8-6-18-7-9-19;;/h1-3,11,14,18H,4-10H2;2*1H/t14-;;/m1../s1. The predicted octanol–water partition coefficient (Wildman–Crippen LogP) is 4.07. The normalized spacial score (nSPS) is 20.3. The van der Waals surface area contributed by atoms with Crippen molar-refractivity contribution in [2.45, 2.75) is 25.3 Å². The molecule has 0 bridgehead atoms. The Morgan fingerprint density at radius 3 is 2.48 bits per heavy atom. The summed E-state index contributed by atoms with van der Waals surface area (Å²) in [5.41, 5.74) is 0.706. The second-order valence-corrected chi connectivity index (χ2v) is 6.02. The Bertz CT molecular complexity index is 428. The van der Waals surface area contributed by atoms with E-state index in [4.69, 9.17) is 11.6 Å². The maximum Gasteiger partial charge on any atom is 0.129 e. The van der Waals surface area contributed by atoms with Crippen LogP contribution in [0.4, 0.5) is 4.39 Å². The molecule has 1 saturated heterocycles. The number of hydrogen-bond acceptors (Lipinski definition) is 2. The maximum atomic E-state index is 14.2. The third-order valence-electron chi connectivity index (χ3n) is 4.18. The molecular weight excluding hydrogens is 334 g/mol. The second kappa shape index (κ2) is 8.54. The Hall–Kier alpha value is -0.0600. The molecule has 1 saturated carbocycles. The van der Waals surface area contributed by atoms with Crippen molar-refractivity contribution in [3.05, 3.63) is 34.6 Å². The minimum atomic E-state index is -0.156. The van der Waals surface area contributed by atoms with E-state index in [0.717, 1.165) is 38.5 Å². The molecule has 0 radical (unpaired) electrons. The SMILES string of the molecule is Cl.Cl.Fc1cccc(Cl)c1[C@@H](CC1CC1)N1CCNCC1. The monoisotopic (exact) mass is 354 g/mol. The van der Waals surface area contributed by atoms with E-state index >= 15 is 0 Å². The second-order valence-electron chi connectivity index (χ2n) is 5.62. The Morgan fingerprint density at radius 2 is 1.90 bits per heavy atom. The fourth-order valence-corrected chi connectivity index (χ4v) is 3.23. The maximum absolute atomic E-state index is 14.2.